The summed E-state index contributed by atoms with van der Waals surface area (Å²) in [5, 5.41) is 5.96. The van der Waals surface area contributed by atoms with Gasteiger partial charge in [-0.3, -0.25) is 14.4 Å². The van der Waals surface area contributed by atoms with Crippen LogP contribution < -0.4 is 10.6 Å². The van der Waals surface area contributed by atoms with Crippen molar-refractivity contribution in [2.75, 3.05) is 31.3 Å². The molecule has 0 saturated heterocycles. The van der Waals surface area contributed by atoms with E-state index in [1.807, 2.05) is 25.9 Å². The molecule has 2 amide bonds. The van der Waals surface area contributed by atoms with Gasteiger partial charge in [-0.05, 0) is 69.9 Å². The highest BCUT2D eigenvalue weighted by Crippen LogP contribution is 2.23. The standard InChI is InChI=1S/C24H26ClN5O3/c1-15-13-16(10-11-19(15)29-23(32)17-7-4-5-8-18(17)25)28-24(33)22-21(26-14-27-22)20(31)9-6-12-30(2)3/h4-5,7-8,10-11,13-14H,6,9,12H2,1-3H3,(H,26,27)(H,28,33)(H,29,32). The SMILES string of the molecule is Cc1cc(NC(=O)c2[nH]cnc2C(=O)CCCN(C)C)ccc1NC(=O)c1ccccc1Cl. The van der Waals surface area contributed by atoms with Gasteiger partial charge in [0.15, 0.2) is 5.78 Å². The average molecular weight is 468 g/mol. The maximum Gasteiger partial charge on any atom is 0.274 e. The molecule has 0 unspecified atom stereocenters. The second kappa shape index (κ2) is 10.9. The summed E-state index contributed by atoms with van der Waals surface area (Å²) in [6.07, 6.45) is 2.33. The van der Waals surface area contributed by atoms with Crippen LogP contribution in [0, 0.1) is 6.92 Å². The number of imidazole rings is 1. The number of amides is 2. The Kier molecular flexibility index (Phi) is 7.97. The first-order valence-corrected chi connectivity index (χ1v) is 10.8. The number of ketones is 1. The summed E-state index contributed by atoms with van der Waals surface area (Å²) >= 11 is 6.09. The molecule has 2 aromatic carbocycles. The summed E-state index contributed by atoms with van der Waals surface area (Å²) in [4.78, 5) is 46.5. The fourth-order valence-electron chi connectivity index (χ4n) is 3.26. The van der Waals surface area contributed by atoms with Crippen molar-refractivity contribution in [1.82, 2.24) is 14.9 Å². The number of anilines is 2. The second-order valence-electron chi connectivity index (χ2n) is 7.87. The Hall–Kier alpha value is -3.49. The molecule has 8 nitrogen and oxygen atoms in total. The van der Waals surface area contributed by atoms with Crippen molar-refractivity contribution in [2.45, 2.75) is 19.8 Å². The Balaban J connectivity index is 1.66. The third kappa shape index (κ3) is 6.27. The summed E-state index contributed by atoms with van der Waals surface area (Å²) < 4.78 is 0. The van der Waals surface area contributed by atoms with Crippen molar-refractivity contribution < 1.29 is 14.4 Å². The molecule has 0 aliphatic rings. The third-order valence-electron chi connectivity index (χ3n) is 4.99. The van der Waals surface area contributed by atoms with Crippen LogP contribution >= 0.6 is 11.6 Å². The Morgan fingerprint density at radius 2 is 1.82 bits per heavy atom. The maximum absolute atomic E-state index is 12.8. The molecule has 3 N–H and O–H groups in total. The van der Waals surface area contributed by atoms with Gasteiger partial charge in [-0.2, -0.15) is 0 Å². The Morgan fingerprint density at radius 3 is 2.52 bits per heavy atom. The molecule has 172 valence electrons. The first-order valence-electron chi connectivity index (χ1n) is 10.5. The van der Waals surface area contributed by atoms with E-state index >= 15 is 0 Å². The highest BCUT2D eigenvalue weighted by Gasteiger charge is 2.20. The molecule has 0 aliphatic heterocycles. The van der Waals surface area contributed by atoms with Gasteiger partial charge in [0.1, 0.15) is 11.4 Å². The predicted octanol–water partition coefficient (Wildman–Crippen LogP) is 4.40. The molecule has 3 rings (SSSR count). The monoisotopic (exact) mass is 467 g/mol. The Labute approximate surface area is 197 Å². The molecule has 1 heterocycles. The third-order valence-corrected chi connectivity index (χ3v) is 5.32. The summed E-state index contributed by atoms with van der Waals surface area (Å²) in [7, 11) is 3.88. The maximum atomic E-state index is 12.8. The highest BCUT2D eigenvalue weighted by atomic mass is 35.5. The Morgan fingerprint density at radius 1 is 1.06 bits per heavy atom. The number of H-pyrrole nitrogens is 1. The summed E-state index contributed by atoms with van der Waals surface area (Å²) in [6.45, 7) is 2.59. The first kappa shape index (κ1) is 24.2. The lowest BCUT2D eigenvalue weighted by Crippen LogP contribution is -2.18. The van der Waals surface area contributed by atoms with Crippen LogP contribution in [0.5, 0.6) is 0 Å². The quantitative estimate of drug-likeness (QED) is 0.404. The molecule has 0 aliphatic carbocycles. The van der Waals surface area contributed by atoms with Crippen LogP contribution in [0.4, 0.5) is 11.4 Å². The number of nitrogens with zero attached hydrogens (tertiary/aromatic N) is 2. The van der Waals surface area contributed by atoms with Crippen LogP contribution in [0.3, 0.4) is 0 Å². The molecule has 0 atom stereocenters. The predicted molar refractivity (Wildman–Crippen MR) is 129 cm³/mol. The molecule has 9 heteroatoms. The van der Waals surface area contributed by atoms with Crippen molar-refractivity contribution in [1.29, 1.82) is 0 Å². The van der Waals surface area contributed by atoms with Gasteiger partial charge >= 0.3 is 0 Å². The lowest BCUT2D eigenvalue weighted by atomic mass is 10.1. The Bertz CT molecular complexity index is 1170. The van der Waals surface area contributed by atoms with Gasteiger partial charge in [0, 0.05) is 17.8 Å². The van der Waals surface area contributed by atoms with E-state index in [0.29, 0.717) is 34.8 Å². The summed E-state index contributed by atoms with van der Waals surface area (Å²) in [5.74, 6) is -0.969. The zero-order valence-corrected chi connectivity index (χ0v) is 19.5. The molecule has 0 fully saturated rings. The number of hydrogen-bond donors (Lipinski definition) is 3. The van der Waals surface area contributed by atoms with Crippen LogP contribution in [0.1, 0.15) is 49.7 Å². The number of aryl methyl sites for hydroxylation is 1. The lowest BCUT2D eigenvalue weighted by Gasteiger charge is -2.12. The minimum atomic E-state index is -0.462. The number of rotatable bonds is 9. The zero-order valence-electron chi connectivity index (χ0n) is 18.7. The van der Waals surface area contributed by atoms with E-state index in [1.54, 1.807) is 42.5 Å². The average Bonchev–Trinajstić information content (AvgIpc) is 3.26. The molecule has 0 saturated carbocycles. The number of carbonyl (C=O) groups is 3. The van der Waals surface area contributed by atoms with Gasteiger partial charge in [-0.15, -0.1) is 0 Å². The number of aromatic amines is 1. The van der Waals surface area contributed by atoms with Gasteiger partial charge in [0.2, 0.25) is 0 Å². The molecule has 1 aromatic heterocycles. The minimum Gasteiger partial charge on any atom is -0.340 e. The van der Waals surface area contributed by atoms with Crippen molar-refractivity contribution >= 4 is 40.6 Å². The topological polar surface area (TPSA) is 107 Å². The number of benzene rings is 2. The van der Waals surface area contributed by atoms with Gasteiger partial charge in [-0.25, -0.2) is 4.98 Å². The van der Waals surface area contributed by atoms with E-state index in [2.05, 4.69) is 20.6 Å². The van der Waals surface area contributed by atoms with Gasteiger partial charge < -0.3 is 20.5 Å². The molecule has 3 aromatic rings. The van der Waals surface area contributed by atoms with E-state index in [0.717, 1.165) is 12.1 Å². The van der Waals surface area contributed by atoms with Crippen LogP contribution in [0.15, 0.2) is 48.8 Å². The fourth-order valence-corrected chi connectivity index (χ4v) is 3.48. The van der Waals surface area contributed by atoms with E-state index in [-0.39, 0.29) is 23.1 Å². The van der Waals surface area contributed by atoms with E-state index in [9.17, 15) is 14.4 Å². The van der Waals surface area contributed by atoms with Crippen LogP contribution in [0.2, 0.25) is 5.02 Å². The number of Topliss-reactive ketones (excluding diaryl/α,β-unsaturated/α-hetero) is 1. The number of aromatic nitrogens is 2. The minimum absolute atomic E-state index is 0.124. The summed E-state index contributed by atoms with van der Waals surface area (Å²) in [6, 6.07) is 11.9. The van der Waals surface area contributed by atoms with E-state index in [1.165, 1.54) is 6.33 Å². The smallest absolute Gasteiger partial charge is 0.274 e. The highest BCUT2D eigenvalue weighted by molar-refractivity contribution is 6.34. The molecular weight excluding hydrogens is 442 g/mol. The first-order chi connectivity index (χ1) is 15.8. The number of carbonyl (C=O) groups excluding carboxylic acids is 3. The van der Waals surface area contributed by atoms with E-state index < -0.39 is 5.91 Å². The van der Waals surface area contributed by atoms with Crippen LogP contribution in [-0.4, -0.2) is 53.1 Å². The van der Waals surface area contributed by atoms with Crippen molar-refractivity contribution in [3.8, 4) is 0 Å². The van der Waals surface area contributed by atoms with Gasteiger partial charge in [0.25, 0.3) is 11.8 Å². The lowest BCUT2D eigenvalue weighted by molar-refractivity contribution is 0.0955. The van der Waals surface area contributed by atoms with Crippen molar-refractivity contribution in [3.63, 3.8) is 0 Å². The fraction of sp³-hybridized carbons (Fsp3) is 0.250. The summed E-state index contributed by atoms with van der Waals surface area (Å²) in [5.41, 5.74) is 2.49. The zero-order chi connectivity index (χ0) is 24.0. The van der Waals surface area contributed by atoms with Crippen LogP contribution in [-0.2, 0) is 0 Å². The van der Waals surface area contributed by atoms with Crippen molar-refractivity contribution in [2.24, 2.45) is 0 Å². The molecular formula is C24H26ClN5O3. The van der Waals surface area contributed by atoms with Gasteiger partial charge in [-0.1, -0.05) is 23.7 Å². The molecule has 0 radical (unpaired) electrons. The molecule has 33 heavy (non-hydrogen) atoms. The van der Waals surface area contributed by atoms with Crippen LogP contribution in [0.25, 0.3) is 0 Å². The molecule has 0 spiro atoms. The number of nitrogens with one attached hydrogen (secondary N) is 3. The van der Waals surface area contributed by atoms with Gasteiger partial charge in [0.05, 0.1) is 16.9 Å². The van der Waals surface area contributed by atoms with Crippen molar-refractivity contribution in [3.05, 3.63) is 76.3 Å². The normalized spacial score (nSPS) is 10.8. The number of hydrogen-bond acceptors (Lipinski definition) is 5. The number of halogens is 1. The molecule has 0 bridgehead atoms. The second-order valence-corrected chi connectivity index (χ2v) is 8.28. The van der Waals surface area contributed by atoms with E-state index in [4.69, 9.17) is 11.6 Å². The largest absolute Gasteiger partial charge is 0.340 e.